The first-order chi connectivity index (χ1) is 34.7. The molecule has 3 unspecified atom stereocenters. The number of carbonyl (C=O) groups is 5. The number of carbonyl (C=O) groups excluding carboxylic acids is 5. The van der Waals surface area contributed by atoms with E-state index in [1.165, 1.54) is 42.5 Å². The number of hydrogen-bond acceptors (Lipinski definition) is 13. The molecular formula is C50H50F3N11O8S. The highest BCUT2D eigenvalue weighted by molar-refractivity contribution is 7.93. The summed E-state index contributed by atoms with van der Waals surface area (Å²) in [6.07, 6.45) is 6.81. The van der Waals surface area contributed by atoms with Crippen LogP contribution in [0.4, 0.5) is 30.4 Å². The van der Waals surface area contributed by atoms with E-state index in [2.05, 4.69) is 15.6 Å². The summed E-state index contributed by atoms with van der Waals surface area (Å²) in [6.45, 7) is 6.19. The van der Waals surface area contributed by atoms with Crippen molar-refractivity contribution >= 4 is 67.7 Å². The number of anilines is 3. The Hall–Kier alpha value is -7.82. The molecule has 5 N–H and O–H groups in total. The minimum Gasteiger partial charge on any atom is -0.484 e. The fraction of sp³-hybridized carbons (Fsp3) is 0.360. The Morgan fingerprint density at radius 3 is 2.42 bits per heavy atom. The van der Waals surface area contributed by atoms with Gasteiger partial charge in [-0.05, 0) is 94.8 Å². The largest absolute Gasteiger partial charge is 0.484 e. The van der Waals surface area contributed by atoms with Gasteiger partial charge in [0.2, 0.25) is 17.7 Å². The summed E-state index contributed by atoms with van der Waals surface area (Å²) in [4.78, 5) is 72.8. The predicted octanol–water partition coefficient (Wildman–Crippen LogP) is 6.56. The highest BCUT2D eigenvalue weighted by Crippen LogP contribution is 2.43. The van der Waals surface area contributed by atoms with Crippen molar-refractivity contribution < 1.29 is 50.3 Å². The van der Waals surface area contributed by atoms with Gasteiger partial charge in [-0.3, -0.25) is 48.3 Å². The number of aryl methyl sites for hydroxylation is 1. The number of ether oxygens (including phenoxy) is 1. The fourth-order valence-corrected chi connectivity index (χ4v) is 11.0. The van der Waals surface area contributed by atoms with E-state index in [9.17, 15) is 45.6 Å². The van der Waals surface area contributed by atoms with Crippen molar-refractivity contribution in [1.82, 2.24) is 39.7 Å². The van der Waals surface area contributed by atoms with Crippen LogP contribution in [0.2, 0.25) is 0 Å². The second-order valence-corrected chi connectivity index (χ2v) is 21.2. The Kier molecular flexibility index (Phi) is 12.3. The van der Waals surface area contributed by atoms with Crippen LogP contribution in [0.1, 0.15) is 97.7 Å². The van der Waals surface area contributed by atoms with E-state index >= 15 is 0 Å². The maximum atomic E-state index is 14.1. The summed E-state index contributed by atoms with van der Waals surface area (Å²) < 4.78 is 76.9. The third-order valence-corrected chi connectivity index (χ3v) is 15.3. The van der Waals surface area contributed by atoms with Gasteiger partial charge in [0.05, 0.1) is 40.0 Å². The highest BCUT2D eigenvalue weighted by Gasteiger charge is 2.48. The second kappa shape index (κ2) is 18.3. The molecule has 2 saturated heterocycles. The number of fused-ring (bicyclic) bond motifs is 2. The molecular weight excluding hydrogens is 972 g/mol. The molecule has 23 heteroatoms. The van der Waals surface area contributed by atoms with Gasteiger partial charge in [0.1, 0.15) is 35.2 Å². The second-order valence-electron chi connectivity index (χ2n) is 19.5. The molecule has 73 heavy (non-hydrogen) atoms. The van der Waals surface area contributed by atoms with E-state index in [1.54, 1.807) is 49.2 Å². The summed E-state index contributed by atoms with van der Waals surface area (Å²) in [5.74, 6) is -6.71. The van der Waals surface area contributed by atoms with Gasteiger partial charge in [0, 0.05) is 72.3 Å². The molecule has 10 rings (SSSR count). The van der Waals surface area contributed by atoms with Gasteiger partial charge < -0.3 is 20.7 Å². The Morgan fingerprint density at radius 1 is 0.959 bits per heavy atom. The zero-order chi connectivity index (χ0) is 51.8. The molecule has 6 aromatic rings. The summed E-state index contributed by atoms with van der Waals surface area (Å²) in [5, 5.41) is 15.6. The average Bonchev–Trinajstić information content (AvgIpc) is 4.03. The molecule has 19 nitrogen and oxygen atoms in total. The molecule has 0 radical (unpaired) electrons. The van der Waals surface area contributed by atoms with Crippen LogP contribution in [0.3, 0.4) is 0 Å². The molecule has 0 bridgehead atoms. The van der Waals surface area contributed by atoms with Crippen LogP contribution in [0.5, 0.6) is 5.75 Å². The summed E-state index contributed by atoms with van der Waals surface area (Å²) in [7, 11) is -3.37. The maximum absolute atomic E-state index is 14.1. The number of pyridine rings is 1. The zero-order valence-electron chi connectivity index (χ0n) is 39.9. The van der Waals surface area contributed by atoms with Crippen molar-refractivity contribution in [1.29, 1.82) is 0 Å². The summed E-state index contributed by atoms with van der Waals surface area (Å²) >= 11 is 0. The SMILES string of the molecule is CC(Oc1cc(-c2nn(C)c3c(-c4cnn(C5CCN(C(=O)C6CC(Nc7cccc8c7C(=O)N(C7CCC(=O)NC7=O)C8=O)C6)C(C)(C)C5)c4)cnc(N)c23)ccc1NS(=O)(=O)C(F)F)c1ccc(F)cc1. The number of rotatable bonds is 13. The van der Waals surface area contributed by atoms with Gasteiger partial charge in [-0.25, -0.2) is 17.8 Å². The van der Waals surface area contributed by atoms with Crippen LogP contribution in [0.15, 0.2) is 79.3 Å². The van der Waals surface area contributed by atoms with Gasteiger partial charge in [0.15, 0.2) is 0 Å². The number of hydrogen-bond donors (Lipinski definition) is 4. The third kappa shape index (κ3) is 8.88. The standard InChI is InChI=1S/C50H50F3N11O8S/c1-25(26-8-11-30(51)12-9-26)72-38-20-27(10-13-35(38)60-73(70,71)49(52)53)42-41-43(61(4)59-42)34(23-55-44(41)54)29-22-56-63(24-29)32-16-17-62(50(2,3)21-32)46(67)28-18-31(19-28)57-36-7-5-6-33-40(36)48(69)64(47(33)68)37-14-15-39(65)58-45(37)66/h5-13,20,22-25,28,31-32,37,49,57,60H,14-19,21H2,1-4H3,(H2,54,55)(H,58,65,66). The minimum atomic E-state index is -5.09. The smallest absolute Gasteiger partial charge is 0.355 e. The van der Waals surface area contributed by atoms with Gasteiger partial charge in [-0.15, -0.1) is 0 Å². The number of nitrogen functional groups attached to an aromatic ring is 1. The number of benzene rings is 3. The Morgan fingerprint density at radius 2 is 1.71 bits per heavy atom. The van der Waals surface area contributed by atoms with Crippen molar-refractivity contribution in [2.45, 2.75) is 94.8 Å². The van der Waals surface area contributed by atoms with Crippen LogP contribution in [0, 0.1) is 11.7 Å². The van der Waals surface area contributed by atoms with E-state index in [-0.39, 0.29) is 65.1 Å². The number of halogens is 3. The van der Waals surface area contributed by atoms with Crippen molar-refractivity contribution in [3.8, 4) is 28.1 Å². The van der Waals surface area contributed by atoms with Gasteiger partial charge in [-0.1, -0.05) is 24.3 Å². The van der Waals surface area contributed by atoms with Gasteiger partial charge in [-0.2, -0.15) is 19.0 Å². The quantitative estimate of drug-likeness (QED) is 0.0897. The van der Waals surface area contributed by atoms with Crippen LogP contribution in [0.25, 0.3) is 33.3 Å². The number of nitrogens with one attached hydrogen (secondary N) is 3. The molecule has 4 aliphatic rings. The fourth-order valence-electron chi connectivity index (χ4n) is 10.5. The molecule has 0 spiro atoms. The van der Waals surface area contributed by atoms with Crippen LogP contribution in [-0.4, -0.2) is 102 Å². The molecule has 3 aliphatic heterocycles. The molecule has 3 aromatic carbocycles. The monoisotopic (exact) mass is 1020 g/mol. The minimum absolute atomic E-state index is 0.0185. The lowest BCUT2D eigenvalue weighted by Crippen LogP contribution is -2.57. The third-order valence-electron chi connectivity index (χ3n) is 14.3. The molecule has 1 saturated carbocycles. The zero-order valence-corrected chi connectivity index (χ0v) is 40.8. The van der Waals surface area contributed by atoms with Gasteiger partial charge >= 0.3 is 5.76 Å². The first kappa shape index (κ1) is 48.8. The van der Waals surface area contributed by atoms with Gasteiger partial charge in [0.25, 0.3) is 21.8 Å². The van der Waals surface area contributed by atoms with Crippen LogP contribution >= 0.6 is 0 Å². The first-order valence-electron chi connectivity index (χ1n) is 23.6. The lowest BCUT2D eigenvalue weighted by Gasteiger charge is -2.49. The summed E-state index contributed by atoms with van der Waals surface area (Å²) in [6, 6.07) is 13.3. The predicted molar refractivity (Wildman–Crippen MR) is 261 cm³/mol. The molecule has 380 valence electrons. The van der Waals surface area contributed by atoms with Crippen molar-refractivity contribution in [2.75, 3.05) is 22.3 Å². The molecule has 3 aromatic heterocycles. The summed E-state index contributed by atoms with van der Waals surface area (Å²) in [5.41, 5.74) is 9.79. The Balaban J connectivity index is 0.826. The van der Waals surface area contributed by atoms with Crippen LogP contribution < -0.4 is 25.8 Å². The number of nitrogens with two attached hydrogens (primary N) is 1. The number of piperidine rings is 2. The van der Waals surface area contributed by atoms with E-state index < -0.39 is 62.9 Å². The highest BCUT2D eigenvalue weighted by atomic mass is 32.2. The molecule has 3 atom stereocenters. The maximum Gasteiger partial charge on any atom is 0.355 e. The average molecular weight is 1020 g/mol. The van der Waals surface area contributed by atoms with Crippen molar-refractivity contribution in [2.24, 2.45) is 13.0 Å². The van der Waals surface area contributed by atoms with E-state index in [1.807, 2.05) is 34.3 Å². The lowest BCUT2D eigenvalue weighted by atomic mass is 9.77. The molecule has 3 fully saturated rings. The Labute approximate surface area is 416 Å². The number of imide groups is 2. The number of amides is 5. The van der Waals surface area contributed by atoms with E-state index in [0.29, 0.717) is 76.8 Å². The first-order valence-corrected chi connectivity index (χ1v) is 25.2. The molecule has 6 heterocycles. The number of likely N-dealkylation sites (tertiary alicyclic amines) is 1. The number of alkyl halides is 2. The normalized spacial score (nSPS) is 21.3. The van der Waals surface area contributed by atoms with E-state index in [4.69, 9.17) is 20.7 Å². The van der Waals surface area contributed by atoms with Crippen LogP contribution in [-0.2, 0) is 31.5 Å². The number of nitrogens with zero attached hydrogens (tertiary/aromatic N) is 7. The lowest BCUT2D eigenvalue weighted by molar-refractivity contribution is -0.147. The Bertz CT molecular complexity index is 3370. The topological polar surface area (TPSA) is 246 Å². The van der Waals surface area contributed by atoms with E-state index in [0.717, 1.165) is 4.90 Å². The number of sulfonamides is 1. The van der Waals surface area contributed by atoms with Crippen molar-refractivity contribution in [3.63, 3.8) is 0 Å². The number of aromatic nitrogens is 5. The molecule has 5 amide bonds. The molecule has 1 aliphatic carbocycles. The van der Waals surface area contributed by atoms with Crippen molar-refractivity contribution in [3.05, 3.63) is 102 Å².